The summed E-state index contributed by atoms with van der Waals surface area (Å²) in [6, 6.07) is 23.7. The van der Waals surface area contributed by atoms with Crippen molar-refractivity contribution >= 4 is 28.7 Å². The smallest absolute Gasteiger partial charge is 0.297 e. The van der Waals surface area contributed by atoms with Crippen LogP contribution in [0.2, 0.25) is 0 Å². The summed E-state index contributed by atoms with van der Waals surface area (Å²) in [5.74, 6) is 1.01. The van der Waals surface area contributed by atoms with E-state index >= 15 is 0 Å². The molecule has 7 nitrogen and oxygen atoms in total. The van der Waals surface area contributed by atoms with Crippen molar-refractivity contribution in [3.63, 3.8) is 0 Å². The molecule has 0 bridgehead atoms. The quantitative estimate of drug-likeness (QED) is 0.453. The normalized spacial score (nSPS) is 14.7. The molecule has 5 rings (SSSR count). The van der Waals surface area contributed by atoms with E-state index < -0.39 is 5.91 Å². The van der Waals surface area contributed by atoms with E-state index in [9.17, 15) is 9.59 Å². The van der Waals surface area contributed by atoms with Gasteiger partial charge >= 0.3 is 0 Å². The lowest BCUT2D eigenvalue weighted by atomic mass is 10.2. The number of methoxy groups -OCH3 is 1. The van der Waals surface area contributed by atoms with Crippen LogP contribution in [0.25, 0.3) is 28.4 Å². The summed E-state index contributed by atoms with van der Waals surface area (Å²) in [6.45, 7) is 1.70. The van der Waals surface area contributed by atoms with Crippen molar-refractivity contribution in [3.05, 3.63) is 100 Å². The summed E-state index contributed by atoms with van der Waals surface area (Å²) in [5, 5.41) is 1.71. The van der Waals surface area contributed by atoms with E-state index in [0.717, 1.165) is 5.56 Å². The van der Waals surface area contributed by atoms with Gasteiger partial charge in [0.2, 0.25) is 0 Å². The highest BCUT2D eigenvalue weighted by Gasteiger charge is 2.32. The number of rotatable bonds is 4. The lowest BCUT2D eigenvalue weighted by molar-refractivity contribution is -0.115. The van der Waals surface area contributed by atoms with Gasteiger partial charge in [0.15, 0.2) is 5.82 Å². The first-order chi connectivity index (χ1) is 16.1. The lowest BCUT2D eigenvalue weighted by Gasteiger charge is -2.22. The van der Waals surface area contributed by atoms with Gasteiger partial charge in [-0.1, -0.05) is 54.6 Å². The van der Waals surface area contributed by atoms with Crippen molar-refractivity contribution in [2.45, 2.75) is 6.92 Å². The maximum absolute atomic E-state index is 13.6. The molecule has 0 saturated carbocycles. The Hall–Kier alpha value is -4.52. The Kier molecular flexibility index (Phi) is 5.06. The number of carbonyl (C=O) groups excluding carboxylic acids is 1. The SMILES string of the molecule is COc1cccc(/C=C2/N=C(C)N(n3c(-c4ccccc4)nc4ccccc4c3=O)C2=O)c1. The van der Waals surface area contributed by atoms with Gasteiger partial charge in [-0.25, -0.2) is 9.98 Å². The maximum atomic E-state index is 13.6. The summed E-state index contributed by atoms with van der Waals surface area (Å²) >= 11 is 0. The molecule has 0 N–H and O–H groups in total. The molecule has 1 aromatic heterocycles. The number of fused-ring (bicyclic) bond motifs is 1. The summed E-state index contributed by atoms with van der Waals surface area (Å²) in [5.41, 5.74) is 1.92. The number of amides is 1. The van der Waals surface area contributed by atoms with Crippen LogP contribution in [-0.4, -0.2) is 28.5 Å². The fourth-order valence-electron chi connectivity index (χ4n) is 3.83. The van der Waals surface area contributed by atoms with Gasteiger partial charge in [-0.05, 0) is 42.8 Å². The number of aromatic nitrogens is 2. The molecule has 3 aromatic carbocycles. The molecule has 4 aromatic rings. The molecule has 0 radical (unpaired) electrons. The first kappa shape index (κ1) is 20.4. The molecule has 1 amide bonds. The van der Waals surface area contributed by atoms with Crippen molar-refractivity contribution < 1.29 is 9.53 Å². The minimum atomic E-state index is -0.410. The average Bonchev–Trinajstić information content (AvgIpc) is 3.12. The highest BCUT2D eigenvalue weighted by molar-refractivity contribution is 6.24. The second-order valence-electron chi connectivity index (χ2n) is 7.52. The van der Waals surface area contributed by atoms with E-state index in [4.69, 9.17) is 9.72 Å². The van der Waals surface area contributed by atoms with Gasteiger partial charge in [-0.15, -0.1) is 0 Å². The number of amidine groups is 1. The third-order valence-corrected chi connectivity index (χ3v) is 5.38. The van der Waals surface area contributed by atoms with Crippen molar-refractivity contribution in [1.29, 1.82) is 0 Å². The Bertz CT molecular complexity index is 1500. The molecule has 0 spiro atoms. The van der Waals surface area contributed by atoms with Crippen LogP contribution in [0.5, 0.6) is 5.75 Å². The topological polar surface area (TPSA) is 76.8 Å². The average molecular weight is 436 g/mol. The number of ether oxygens (including phenoxy) is 1. The molecule has 33 heavy (non-hydrogen) atoms. The fourth-order valence-corrected chi connectivity index (χ4v) is 3.83. The van der Waals surface area contributed by atoms with Crippen LogP contribution in [0.15, 0.2) is 94.3 Å². The molecule has 0 atom stereocenters. The Morgan fingerprint density at radius 1 is 0.909 bits per heavy atom. The highest BCUT2D eigenvalue weighted by Crippen LogP contribution is 2.24. The molecular formula is C26H20N4O3. The zero-order valence-electron chi connectivity index (χ0n) is 18.1. The zero-order chi connectivity index (χ0) is 22.9. The number of hydrogen-bond donors (Lipinski definition) is 0. The molecule has 162 valence electrons. The van der Waals surface area contributed by atoms with Crippen LogP contribution >= 0.6 is 0 Å². The second-order valence-corrected chi connectivity index (χ2v) is 7.52. The van der Waals surface area contributed by atoms with E-state index in [1.54, 1.807) is 38.3 Å². The largest absolute Gasteiger partial charge is 0.497 e. The Balaban J connectivity index is 1.68. The molecule has 0 unspecified atom stereocenters. The van der Waals surface area contributed by atoms with Gasteiger partial charge in [0.05, 0.1) is 18.0 Å². The fraction of sp³-hybridized carbons (Fsp3) is 0.0769. The lowest BCUT2D eigenvalue weighted by Crippen LogP contribution is -2.47. The van der Waals surface area contributed by atoms with Crippen molar-refractivity contribution in [1.82, 2.24) is 9.66 Å². The van der Waals surface area contributed by atoms with Gasteiger partial charge < -0.3 is 4.74 Å². The zero-order valence-corrected chi connectivity index (χ0v) is 18.1. The maximum Gasteiger partial charge on any atom is 0.297 e. The number of carbonyl (C=O) groups is 1. The van der Waals surface area contributed by atoms with E-state index in [1.165, 1.54) is 9.69 Å². The first-order valence-electron chi connectivity index (χ1n) is 10.4. The van der Waals surface area contributed by atoms with Gasteiger partial charge in [-0.3, -0.25) is 9.59 Å². The van der Waals surface area contributed by atoms with Gasteiger partial charge in [0.25, 0.3) is 11.5 Å². The van der Waals surface area contributed by atoms with Gasteiger partial charge in [-0.2, -0.15) is 9.69 Å². The molecule has 7 heteroatoms. The minimum absolute atomic E-state index is 0.222. The van der Waals surface area contributed by atoms with Gasteiger partial charge in [0.1, 0.15) is 17.3 Å². The third-order valence-electron chi connectivity index (χ3n) is 5.38. The highest BCUT2D eigenvalue weighted by atomic mass is 16.5. The summed E-state index contributed by atoms with van der Waals surface area (Å²) in [4.78, 5) is 36.2. The predicted molar refractivity (Wildman–Crippen MR) is 129 cm³/mol. The Morgan fingerprint density at radius 2 is 1.67 bits per heavy atom. The summed E-state index contributed by atoms with van der Waals surface area (Å²) in [7, 11) is 1.58. The standard InChI is InChI=1S/C26H20N4O3/c1-17-27-23(16-18-9-8-12-20(15-18)33-2)26(32)29(17)30-24(19-10-4-3-5-11-19)28-22-14-7-6-13-21(22)25(30)31/h3-16H,1-2H3/b23-16+. The third kappa shape index (κ3) is 3.59. The molecule has 0 fully saturated rings. The Labute approximate surface area is 189 Å². The van der Waals surface area contributed by atoms with Crippen molar-refractivity contribution in [2.75, 3.05) is 12.1 Å². The monoisotopic (exact) mass is 436 g/mol. The van der Waals surface area contributed by atoms with E-state index in [2.05, 4.69) is 4.99 Å². The van der Waals surface area contributed by atoms with Crippen molar-refractivity contribution in [2.24, 2.45) is 4.99 Å². The van der Waals surface area contributed by atoms with Gasteiger partial charge in [0, 0.05) is 5.56 Å². The molecule has 2 heterocycles. The molecular weight excluding hydrogens is 416 g/mol. The number of aliphatic imine (C=N–C) groups is 1. The Morgan fingerprint density at radius 3 is 2.45 bits per heavy atom. The predicted octanol–water partition coefficient (Wildman–Crippen LogP) is 4.01. The number of hydrogen-bond acceptors (Lipinski definition) is 5. The molecule has 0 saturated heterocycles. The number of nitrogens with zero attached hydrogens (tertiary/aromatic N) is 4. The second kappa shape index (κ2) is 8.20. The van der Waals surface area contributed by atoms with Crippen molar-refractivity contribution in [3.8, 4) is 17.1 Å². The minimum Gasteiger partial charge on any atom is -0.497 e. The van der Waals surface area contributed by atoms with Crippen LogP contribution in [-0.2, 0) is 4.79 Å². The molecule has 0 aliphatic carbocycles. The first-order valence-corrected chi connectivity index (χ1v) is 10.4. The van der Waals surface area contributed by atoms with Crippen LogP contribution in [0.1, 0.15) is 12.5 Å². The van der Waals surface area contributed by atoms with Crippen LogP contribution in [0.3, 0.4) is 0 Å². The number of para-hydroxylation sites is 1. The van der Waals surface area contributed by atoms with E-state index in [-0.39, 0.29) is 11.3 Å². The van der Waals surface area contributed by atoms with Crippen LogP contribution in [0.4, 0.5) is 0 Å². The summed E-state index contributed by atoms with van der Waals surface area (Å²) < 4.78 is 6.58. The van der Waals surface area contributed by atoms with E-state index in [1.807, 2.05) is 60.7 Å². The van der Waals surface area contributed by atoms with Crippen LogP contribution in [0, 0.1) is 0 Å². The molecule has 1 aliphatic heterocycles. The number of benzene rings is 3. The molecule has 1 aliphatic rings. The van der Waals surface area contributed by atoms with E-state index in [0.29, 0.717) is 33.9 Å². The van der Waals surface area contributed by atoms with Crippen LogP contribution < -0.4 is 15.3 Å². The summed E-state index contributed by atoms with van der Waals surface area (Å²) in [6.07, 6.45) is 1.68.